The van der Waals surface area contributed by atoms with Gasteiger partial charge in [0, 0.05) is 16.9 Å². The van der Waals surface area contributed by atoms with Crippen LogP contribution in [0.5, 0.6) is 0 Å². The molecular weight excluding hydrogens is 212 g/mol. The van der Waals surface area contributed by atoms with Gasteiger partial charge in [-0.1, -0.05) is 43.6 Å². The van der Waals surface area contributed by atoms with Crippen molar-refractivity contribution in [2.45, 2.75) is 20.8 Å². The number of fused-ring (bicyclic) bond motifs is 1. The minimum absolute atomic E-state index is 0.00205. The maximum absolute atomic E-state index is 11.8. The van der Waals surface area contributed by atoms with E-state index in [0.29, 0.717) is 0 Å². The Kier molecular flexibility index (Phi) is 2.84. The zero-order valence-corrected chi connectivity index (χ0v) is 10.4. The summed E-state index contributed by atoms with van der Waals surface area (Å²) in [4.78, 5) is 11.8. The fourth-order valence-electron chi connectivity index (χ4n) is 1.49. The molecule has 0 radical (unpaired) electrons. The van der Waals surface area contributed by atoms with Crippen LogP contribution in [0.15, 0.2) is 42.7 Å². The molecule has 0 aliphatic carbocycles. The number of rotatable bonds is 1. The first-order valence-electron chi connectivity index (χ1n) is 5.68. The van der Waals surface area contributed by atoms with Gasteiger partial charge in [-0.3, -0.25) is 4.79 Å². The third-order valence-corrected chi connectivity index (χ3v) is 2.60. The van der Waals surface area contributed by atoms with Crippen LogP contribution in [0.3, 0.4) is 0 Å². The fourth-order valence-corrected chi connectivity index (χ4v) is 1.49. The van der Waals surface area contributed by atoms with Gasteiger partial charge >= 0.3 is 0 Å². The number of nitrogens with one attached hydrogen (secondary N) is 1. The van der Waals surface area contributed by atoms with Crippen LogP contribution >= 0.6 is 0 Å². The van der Waals surface area contributed by atoms with Crippen LogP contribution in [0, 0.1) is 5.41 Å². The normalized spacial score (nSPS) is 11.5. The van der Waals surface area contributed by atoms with E-state index in [-0.39, 0.29) is 5.91 Å². The zero-order valence-electron chi connectivity index (χ0n) is 10.4. The van der Waals surface area contributed by atoms with E-state index in [2.05, 4.69) is 5.43 Å². The molecule has 1 aromatic carbocycles. The second kappa shape index (κ2) is 4.17. The van der Waals surface area contributed by atoms with Gasteiger partial charge in [0.05, 0.1) is 0 Å². The summed E-state index contributed by atoms with van der Waals surface area (Å²) in [6, 6.07) is 10.0. The van der Waals surface area contributed by atoms with Crippen LogP contribution in [0.4, 0.5) is 0 Å². The van der Waals surface area contributed by atoms with E-state index in [9.17, 15) is 4.79 Å². The number of hydrogen-bond donors (Lipinski definition) is 1. The maximum atomic E-state index is 11.8. The second-order valence-corrected chi connectivity index (χ2v) is 5.17. The minimum Gasteiger partial charge on any atom is -0.269 e. The first kappa shape index (κ1) is 11.6. The molecule has 3 nitrogen and oxygen atoms in total. The topological polar surface area (TPSA) is 33.0 Å². The summed E-state index contributed by atoms with van der Waals surface area (Å²) in [5.41, 5.74) is 2.46. The van der Waals surface area contributed by atoms with Crippen molar-refractivity contribution < 1.29 is 9.47 Å². The smallest absolute Gasteiger partial charge is 0.269 e. The molecule has 2 rings (SSSR count). The van der Waals surface area contributed by atoms with Gasteiger partial charge in [0.1, 0.15) is 0 Å². The quantitative estimate of drug-likeness (QED) is 0.747. The maximum Gasteiger partial charge on any atom is 0.280 e. The van der Waals surface area contributed by atoms with Crippen molar-refractivity contribution >= 4 is 16.7 Å². The summed E-state index contributed by atoms with van der Waals surface area (Å²) in [7, 11) is 0. The second-order valence-electron chi connectivity index (χ2n) is 5.17. The highest BCUT2D eigenvalue weighted by Gasteiger charge is 2.24. The van der Waals surface area contributed by atoms with Crippen molar-refractivity contribution in [2.75, 3.05) is 5.43 Å². The Morgan fingerprint density at radius 3 is 2.41 bits per heavy atom. The molecule has 88 valence electrons. The highest BCUT2D eigenvalue weighted by molar-refractivity contribution is 5.87. The van der Waals surface area contributed by atoms with E-state index in [4.69, 9.17) is 0 Å². The molecule has 0 aliphatic heterocycles. The lowest BCUT2D eigenvalue weighted by Crippen LogP contribution is -2.51. The summed E-state index contributed by atoms with van der Waals surface area (Å²) in [5, 5.41) is 2.26. The molecule has 1 amide bonds. The van der Waals surface area contributed by atoms with Crippen molar-refractivity contribution in [1.29, 1.82) is 0 Å². The summed E-state index contributed by atoms with van der Waals surface area (Å²) < 4.78 is 1.70. The average Bonchev–Trinajstić information content (AvgIpc) is 2.27. The Bertz CT molecular complexity index is 555. The lowest BCUT2D eigenvalue weighted by atomic mass is 9.96. The number of benzene rings is 1. The number of aromatic nitrogens is 1. The monoisotopic (exact) mass is 229 g/mol. The first-order valence-corrected chi connectivity index (χ1v) is 5.68. The average molecular weight is 229 g/mol. The third-order valence-electron chi connectivity index (χ3n) is 2.60. The SMILES string of the molecule is CC(C)(C)C(=O)N[n+]1ccc2ccccc2c1. The number of carbonyl (C=O) groups is 1. The molecule has 0 unspecified atom stereocenters. The molecule has 0 bridgehead atoms. The van der Waals surface area contributed by atoms with Gasteiger partial charge in [-0.15, -0.1) is 5.43 Å². The minimum atomic E-state index is -0.390. The Balaban J connectivity index is 2.29. The molecule has 2 aromatic rings. The highest BCUT2D eigenvalue weighted by Crippen LogP contribution is 2.13. The van der Waals surface area contributed by atoms with Gasteiger partial charge < -0.3 is 0 Å². The molecular formula is C14H17N2O+. The molecule has 0 spiro atoms. The van der Waals surface area contributed by atoms with E-state index in [0.717, 1.165) is 10.8 Å². The molecule has 0 atom stereocenters. The van der Waals surface area contributed by atoms with E-state index < -0.39 is 5.41 Å². The number of hydrogen-bond acceptors (Lipinski definition) is 1. The van der Waals surface area contributed by atoms with Crippen molar-refractivity contribution in [3.8, 4) is 0 Å². The van der Waals surface area contributed by atoms with Crippen LogP contribution in [0.25, 0.3) is 10.8 Å². The van der Waals surface area contributed by atoms with Gasteiger partial charge in [0.2, 0.25) is 12.4 Å². The summed E-state index contributed by atoms with van der Waals surface area (Å²) in [6.45, 7) is 5.68. The largest absolute Gasteiger partial charge is 0.280 e. The van der Waals surface area contributed by atoms with Gasteiger partial charge in [-0.2, -0.15) is 0 Å². The molecule has 3 heteroatoms. The van der Waals surface area contributed by atoms with Crippen molar-refractivity contribution in [1.82, 2.24) is 0 Å². The van der Waals surface area contributed by atoms with Gasteiger partial charge in [0.25, 0.3) is 5.91 Å². The van der Waals surface area contributed by atoms with Gasteiger partial charge in [-0.05, 0) is 11.5 Å². The summed E-state index contributed by atoms with van der Waals surface area (Å²) in [5.74, 6) is -0.00205. The van der Waals surface area contributed by atoms with E-state index in [1.807, 2.05) is 63.5 Å². The third kappa shape index (κ3) is 2.61. The van der Waals surface area contributed by atoms with Crippen LogP contribution < -0.4 is 10.1 Å². The van der Waals surface area contributed by atoms with Crippen LogP contribution in [0.1, 0.15) is 20.8 Å². The molecule has 0 saturated carbocycles. The Hall–Kier alpha value is -1.90. The lowest BCUT2D eigenvalue weighted by Gasteiger charge is -2.14. The summed E-state index contributed by atoms with van der Waals surface area (Å²) >= 11 is 0. The number of nitrogens with zero attached hydrogens (tertiary/aromatic N) is 1. The predicted molar refractivity (Wildman–Crippen MR) is 68.0 cm³/mol. The van der Waals surface area contributed by atoms with Gasteiger partial charge in [0.15, 0.2) is 0 Å². The van der Waals surface area contributed by atoms with Crippen molar-refractivity contribution in [3.05, 3.63) is 42.7 Å². The number of amides is 1. The number of pyridine rings is 1. The van der Waals surface area contributed by atoms with E-state index >= 15 is 0 Å². The van der Waals surface area contributed by atoms with Crippen LogP contribution in [-0.2, 0) is 4.79 Å². The zero-order chi connectivity index (χ0) is 12.5. The lowest BCUT2D eigenvalue weighted by molar-refractivity contribution is -0.641. The molecule has 1 heterocycles. The molecule has 1 aromatic heterocycles. The van der Waals surface area contributed by atoms with E-state index in [1.54, 1.807) is 4.68 Å². The molecule has 17 heavy (non-hydrogen) atoms. The Morgan fingerprint density at radius 1 is 1.12 bits per heavy atom. The molecule has 1 N–H and O–H groups in total. The van der Waals surface area contributed by atoms with Crippen molar-refractivity contribution in [3.63, 3.8) is 0 Å². The standard InChI is InChI=1S/C14H16N2O/c1-14(2,3)13(17)15-16-9-8-11-6-4-5-7-12(11)10-16/h4-10H,1-3H3/p+1. The molecule has 0 fully saturated rings. The fraction of sp³-hybridized carbons (Fsp3) is 0.286. The van der Waals surface area contributed by atoms with Gasteiger partial charge in [-0.25, -0.2) is 0 Å². The molecule has 0 aliphatic rings. The van der Waals surface area contributed by atoms with Crippen LogP contribution in [0.2, 0.25) is 0 Å². The van der Waals surface area contributed by atoms with Crippen LogP contribution in [-0.4, -0.2) is 5.91 Å². The predicted octanol–water partition coefficient (Wildman–Crippen LogP) is 2.24. The van der Waals surface area contributed by atoms with Crippen molar-refractivity contribution in [2.24, 2.45) is 5.41 Å². The van der Waals surface area contributed by atoms with E-state index in [1.165, 1.54) is 0 Å². The Morgan fingerprint density at radius 2 is 1.76 bits per heavy atom. The summed E-state index contributed by atoms with van der Waals surface area (Å²) in [6.07, 6.45) is 3.77. The highest BCUT2D eigenvalue weighted by atomic mass is 16.2. The first-order chi connectivity index (χ1) is 7.97. The Labute approximate surface area is 101 Å². The number of carbonyl (C=O) groups excluding carboxylic acids is 1. The molecule has 0 saturated heterocycles.